The minimum absolute atomic E-state index is 0.148. The third kappa shape index (κ3) is 2.06. The van der Waals surface area contributed by atoms with E-state index >= 15 is 0 Å². The Kier molecular flexibility index (Phi) is 3.21. The first kappa shape index (κ1) is 11.7. The molecule has 0 radical (unpaired) electrons. The van der Waals surface area contributed by atoms with E-state index in [1.807, 2.05) is 0 Å². The van der Waals surface area contributed by atoms with Gasteiger partial charge in [0.1, 0.15) is 6.61 Å². The second kappa shape index (κ2) is 4.64. The van der Waals surface area contributed by atoms with Crippen molar-refractivity contribution in [3.63, 3.8) is 0 Å². The second-order valence-corrected chi connectivity index (χ2v) is 3.64. The Bertz CT molecular complexity index is 593. The molecule has 1 heterocycles. The van der Waals surface area contributed by atoms with Crippen LogP contribution in [0.1, 0.15) is 5.82 Å². The maximum Gasteiger partial charge on any atom is 0.199 e. The number of nitrogens with zero attached hydrogens (tertiary/aromatic N) is 2. The molecule has 0 amide bonds. The maximum absolute atomic E-state index is 13.5. The molecule has 0 unspecified atom stereocenters. The van der Waals surface area contributed by atoms with Crippen LogP contribution in [-0.2, 0) is 6.61 Å². The zero-order chi connectivity index (χ0) is 12.4. The van der Waals surface area contributed by atoms with Gasteiger partial charge in [0.25, 0.3) is 0 Å². The van der Waals surface area contributed by atoms with Crippen LogP contribution >= 0.6 is 12.2 Å². The number of aromatic nitrogens is 3. The lowest BCUT2D eigenvalue weighted by molar-refractivity contribution is 0.268. The molecular weight excluding hydrogens is 245 g/mol. The van der Waals surface area contributed by atoms with Crippen LogP contribution < -0.4 is 4.74 Å². The molecule has 0 aliphatic heterocycles. The number of H-pyrrole nitrogens is 1. The van der Waals surface area contributed by atoms with Gasteiger partial charge in [0.05, 0.1) is 12.8 Å². The average molecular weight is 255 g/mol. The lowest BCUT2D eigenvalue weighted by atomic mass is 10.3. The van der Waals surface area contributed by atoms with E-state index in [0.717, 1.165) is 0 Å². The molecule has 0 spiro atoms. The molecule has 0 saturated heterocycles. The fraction of sp³-hybridized carbons (Fsp3) is 0.200. The fourth-order valence-corrected chi connectivity index (χ4v) is 1.75. The van der Waals surface area contributed by atoms with E-state index in [2.05, 4.69) is 10.2 Å². The highest BCUT2D eigenvalue weighted by Gasteiger charge is 2.10. The van der Waals surface area contributed by atoms with Gasteiger partial charge in [-0.1, -0.05) is 0 Å². The van der Waals surface area contributed by atoms with E-state index < -0.39 is 5.82 Å². The van der Waals surface area contributed by atoms with E-state index in [4.69, 9.17) is 22.1 Å². The number of hydrogen-bond donors (Lipinski definition) is 2. The number of halogens is 1. The summed E-state index contributed by atoms with van der Waals surface area (Å²) in [5, 5.41) is 15.5. The number of rotatable bonds is 3. The summed E-state index contributed by atoms with van der Waals surface area (Å²) in [5.74, 6) is -0.0362. The zero-order valence-corrected chi connectivity index (χ0v) is 9.79. The molecule has 0 aliphatic rings. The van der Waals surface area contributed by atoms with Crippen LogP contribution in [0.5, 0.6) is 5.75 Å². The SMILES string of the molecule is COc1ccc(-n2c(CO)n[nH]c2=S)cc1F. The van der Waals surface area contributed by atoms with E-state index in [1.165, 1.54) is 23.8 Å². The minimum Gasteiger partial charge on any atom is -0.494 e. The summed E-state index contributed by atoms with van der Waals surface area (Å²) in [6.45, 7) is -0.291. The summed E-state index contributed by atoms with van der Waals surface area (Å²) in [7, 11) is 1.39. The predicted octanol–water partition coefficient (Wildman–Crippen LogP) is 1.57. The van der Waals surface area contributed by atoms with Crippen LogP contribution in [0.4, 0.5) is 4.39 Å². The molecule has 90 valence electrons. The average Bonchev–Trinajstić information content (AvgIpc) is 2.70. The van der Waals surface area contributed by atoms with Crippen LogP contribution in [-0.4, -0.2) is 27.0 Å². The summed E-state index contributed by atoms with van der Waals surface area (Å²) >= 11 is 5.01. The largest absolute Gasteiger partial charge is 0.494 e. The molecule has 5 nitrogen and oxygen atoms in total. The maximum atomic E-state index is 13.5. The number of aliphatic hydroxyl groups excluding tert-OH is 1. The normalized spacial score (nSPS) is 10.5. The molecule has 7 heteroatoms. The number of aromatic amines is 1. The summed E-state index contributed by atoms with van der Waals surface area (Å²) in [6.07, 6.45) is 0. The van der Waals surface area contributed by atoms with E-state index in [-0.39, 0.29) is 12.4 Å². The van der Waals surface area contributed by atoms with Crippen molar-refractivity contribution in [2.75, 3.05) is 7.11 Å². The Hall–Kier alpha value is -1.73. The first-order valence-corrected chi connectivity index (χ1v) is 5.19. The van der Waals surface area contributed by atoms with Crippen molar-refractivity contribution in [2.45, 2.75) is 6.61 Å². The highest BCUT2D eigenvalue weighted by Crippen LogP contribution is 2.21. The number of benzene rings is 1. The van der Waals surface area contributed by atoms with Crippen molar-refractivity contribution >= 4 is 12.2 Å². The Balaban J connectivity index is 2.57. The molecular formula is C10H10FN3O2S. The quantitative estimate of drug-likeness (QED) is 0.817. The van der Waals surface area contributed by atoms with Crippen LogP contribution in [0.25, 0.3) is 5.69 Å². The van der Waals surface area contributed by atoms with Crippen molar-refractivity contribution in [1.82, 2.24) is 14.8 Å². The van der Waals surface area contributed by atoms with E-state index in [1.54, 1.807) is 6.07 Å². The Morgan fingerprint density at radius 3 is 2.94 bits per heavy atom. The van der Waals surface area contributed by atoms with Crippen molar-refractivity contribution in [1.29, 1.82) is 0 Å². The van der Waals surface area contributed by atoms with Gasteiger partial charge in [0.2, 0.25) is 0 Å². The molecule has 2 N–H and O–H groups in total. The van der Waals surface area contributed by atoms with Crippen LogP contribution in [0.3, 0.4) is 0 Å². The predicted molar refractivity (Wildman–Crippen MR) is 61.2 cm³/mol. The highest BCUT2D eigenvalue weighted by molar-refractivity contribution is 7.71. The molecule has 1 aromatic heterocycles. The molecule has 0 aliphatic carbocycles. The third-order valence-electron chi connectivity index (χ3n) is 2.28. The van der Waals surface area contributed by atoms with Gasteiger partial charge >= 0.3 is 0 Å². The molecule has 1 aromatic carbocycles. The van der Waals surface area contributed by atoms with Crippen LogP contribution in [0, 0.1) is 10.6 Å². The summed E-state index contributed by atoms with van der Waals surface area (Å²) in [6, 6.07) is 4.39. The summed E-state index contributed by atoms with van der Waals surface area (Å²) in [5.41, 5.74) is 0.478. The molecule has 0 saturated carbocycles. The van der Waals surface area contributed by atoms with E-state index in [9.17, 15) is 4.39 Å². The number of ether oxygens (including phenoxy) is 1. The molecule has 2 rings (SSSR count). The molecule has 0 bridgehead atoms. The monoisotopic (exact) mass is 255 g/mol. The summed E-state index contributed by atoms with van der Waals surface area (Å²) < 4.78 is 20.1. The summed E-state index contributed by atoms with van der Waals surface area (Å²) in [4.78, 5) is 0. The van der Waals surface area contributed by atoms with Crippen LogP contribution in [0.2, 0.25) is 0 Å². The van der Waals surface area contributed by atoms with Gasteiger partial charge in [-0.3, -0.25) is 9.67 Å². The lowest BCUT2D eigenvalue weighted by Gasteiger charge is -2.07. The molecule has 2 aromatic rings. The number of methoxy groups -OCH3 is 1. The first-order valence-electron chi connectivity index (χ1n) is 4.78. The fourth-order valence-electron chi connectivity index (χ4n) is 1.50. The highest BCUT2D eigenvalue weighted by atomic mass is 32.1. The van der Waals surface area contributed by atoms with Crippen molar-refractivity contribution in [3.05, 3.63) is 34.6 Å². The van der Waals surface area contributed by atoms with Gasteiger partial charge in [-0.15, -0.1) is 0 Å². The van der Waals surface area contributed by atoms with Crippen molar-refractivity contribution in [2.24, 2.45) is 0 Å². The topological polar surface area (TPSA) is 63.1 Å². The Morgan fingerprint density at radius 2 is 2.35 bits per heavy atom. The molecule has 0 fully saturated rings. The van der Waals surface area contributed by atoms with Gasteiger partial charge in [-0.2, -0.15) is 5.10 Å². The smallest absolute Gasteiger partial charge is 0.199 e. The van der Waals surface area contributed by atoms with Gasteiger partial charge in [-0.25, -0.2) is 4.39 Å². The Labute approximate surface area is 101 Å². The number of hydrogen-bond acceptors (Lipinski definition) is 4. The molecule has 0 atom stereocenters. The zero-order valence-electron chi connectivity index (χ0n) is 8.98. The van der Waals surface area contributed by atoms with Gasteiger partial charge in [0, 0.05) is 6.07 Å². The van der Waals surface area contributed by atoms with E-state index in [0.29, 0.717) is 16.3 Å². The minimum atomic E-state index is -0.503. The second-order valence-electron chi connectivity index (χ2n) is 3.26. The van der Waals surface area contributed by atoms with Crippen molar-refractivity contribution in [3.8, 4) is 11.4 Å². The number of aliphatic hydroxyl groups is 1. The first-order chi connectivity index (χ1) is 8.17. The number of nitrogens with one attached hydrogen (secondary N) is 1. The van der Waals surface area contributed by atoms with Gasteiger partial charge < -0.3 is 9.84 Å². The Morgan fingerprint density at radius 1 is 1.59 bits per heavy atom. The molecule has 17 heavy (non-hydrogen) atoms. The third-order valence-corrected chi connectivity index (χ3v) is 2.55. The lowest BCUT2D eigenvalue weighted by Crippen LogP contribution is -2.02. The standard InChI is InChI=1S/C10H10FN3O2S/c1-16-8-3-2-6(4-7(8)11)14-9(5-15)12-13-10(14)17/h2-4,15H,5H2,1H3,(H,13,17). The van der Waals surface area contributed by atoms with Crippen LogP contribution in [0.15, 0.2) is 18.2 Å². The van der Waals surface area contributed by atoms with Crippen molar-refractivity contribution < 1.29 is 14.2 Å². The van der Waals surface area contributed by atoms with Gasteiger partial charge in [0.15, 0.2) is 22.2 Å². The van der Waals surface area contributed by atoms with Gasteiger partial charge in [-0.05, 0) is 24.4 Å².